The number of nitrogens with zero attached hydrogens (tertiary/aromatic N) is 2. The molecule has 0 fully saturated rings. The molecule has 4 nitrogen and oxygen atoms in total. The molecule has 22 heavy (non-hydrogen) atoms. The van der Waals surface area contributed by atoms with Crippen LogP contribution in [0.3, 0.4) is 0 Å². The maximum atomic E-state index is 13.0. The van der Waals surface area contributed by atoms with Gasteiger partial charge in [0.15, 0.2) is 11.5 Å². The monoisotopic (exact) mass is 312 g/mol. The molecule has 0 aliphatic heterocycles. The van der Waals surface area contributed by atoms with Crippen LogP contribution in [-0.4, -0.2) is 22.7 Å². The number of halogens is 3. The summed E-state index contributed by atoms with van der Waals surface area (Å²) in [6.45, 7) is 1.66. The molecule has 0 atom stereocenters. The zero-order valence-electron chi connectivity index (χ0n) is 12.1. The Bertz CT molecular complexity index is 660. The van der Waals surface area contributed by atoms with Crippen molar-refractivity contribution in [2.24, 2.45) is 0 Å². The third-order valence-electron chi connectivity index (χ3n) is 3.16. The predicted molar refractivity (Wildman–Crippen MR) is 73.9 cm³/mol. The van der Waals surface area contributed by atoms with E-state index >= 15 is 0 Å². The molecule has 0 aliphatic carbocycles. The van der Waals surface area contributed by atoms with Gasteiger partial charge in [0, 0.05) is 12.6 Å². The standard InChI is InChI=1S/C15H15F3N2O2/c1-3-13(21)12-9-20(19-14(12)15(16,17)18)8-10-4-6-11(22-2)7-5-10/h4-7,9H,3,8H2,1-2H3. The molecule has 0 spiro atoms. The lowest BCUT2D eigenvalue weighted by Crippen LogP contribution is -2.12. The molecule has 0 bridgehead atoms. The van der Waals surface area contributed by atoms with E-state index in [0.29, 0.717) is 5.75 Å². The number of carbonyl (C=O) groups is 1. The van der Waals surface area contributed by atoms with Crippen LogP contribution in [0.2, 0.25) is 0 Å². The summed E-state index contributed by atoms with van der Waals surface area (Å²) >= 11 is 0. The van der Waals surface area contributed by atoms with Gasteiger partial charge in [-0.2, -0.15) is 18.3 Å². The van der Waals surface area contributed by atoms with Crippen LogP contribution in [-0.2, 0) is 12.7 Å². The number of Topliss-reactive ketones (excluding diaryl/α,β-unsaturated/α-hetero) is 1. The van der Waals surface area contributed by atoms with E-state index in [9.17, 15) is 18.0 Å². The van der Waals surface area contributed by atoms with Gasteiger partial charge in [-0.1, -0.05) is 19.1 Å². The first-order valence-corrected chi connectivity index (χ1v) is 6.66. The average molecular weight is 312 g/mol. The summed E-state index contributed by atoms with van der Waals surface area (Å²) in [6.07, 6.45) is -3.50. The van der Waals surface area contributed by atoms with Crippen molar-refractivity contribution in [1.82, 2.24) is 9.78 Å². The maximum absolute atomic E-state index is 13.0. The van der Waals surface area contributed by atoms with E-state index in [-0.39, 0.29) is 18.5 Å². The number of rotatable bonds is 5. The Labute approximate surface area is 125 Å². The van der Waals surface area contributed by atoms with Crippen LogP contribution >= 0.6 is 0 Å². The van der Waals surface area contributed by atoms with Crippen LogP contribution in [0.25, 0.3) is 0 Å². The molecule has 2 aromatic rings. The zero-order chi connectivity index (χ0) is 16.3. The lowest BCUT2D eigenvalue weighted by atomic mass is 10.1. The Balaban J connectivity index is 2.31. The summed E-state index contributed by atoms with van der Waals surface area (Å²) in [5.74, 6) is 0.0790. The Morgan fingerprint density at radius 2 is 1.91 bits per heavy atom. The van der Waals surface area contributed by atoms with Gasteiger partial charge < -0.3 is 4.74 Å². The van der Waals surface area contributed by atoms with Crippen LogP contribution in [0, 0.1) is 0 Å². The number of methoxy groups -OCH3 is 1. The molecular formula is C15H15F3N2O2. The molecule has 1 heterocycles. The third-order valence-corrected chi connectivity index (χ3v) is 3.16. The van der Waals surface area contributed by atoms with Gasteiger partial charge in [-0.25, -0.2) is 0 Å². The first-order valence-electron chi connectivity index (χ1n) is 6.66. The predicted octanol–water partition coefficient (Wildman–Crippen LogP) is 3.55. The first kappa shape index (κ1) is 16.1. The van der Waals surface area contributed by atoms with E-state index in [2.05, 4.69) is 5.10 Å². The fraction of sp³-hybridized carbons (Fsp3) is 0.333. The van der Waals surface area contributed by atoms with Gasteiger partial charge in [0.05, 0.1) is 19.2 Å². The van der Waals surface area contributed by atoms with E-state index in [0.717, 1.165) is 16.4 Å². The van der Waals surface area contributed by atoms with E-state index in [1.165, 1.54) is 14.0 Å². The van der Waals surface area contributed by atoms with Gasteiger partial charge in [0.25, 0.3) is 0 Å². The SMILES string of the molecule is CCC(=O)c1cn(Cc2ccc(OC)cc2)nc1C(F)(F)F. The smallest absolute Gasteiger partial charge is 0.435 e. The van der Waals surface area contributed by atoms with E-state index in [1.54, 1.807) is 24.3 Å². The summed E-state index contributed by atoms with van der Waals surface area (Å²) in [5.41, 5.74) is -0.760. The molecule has 7 heteroatoms. The van der Waals surface area contributed by atoms with Crippen molar-refractivity contribution in [2.45, 2.75) is 26.1 Å². The van der Waals surface area contributed by atoms with Gasteiger partial charge in [0.1, 0.15) is 5.75 Å². The number of carbonyl (C=O) groups excluding carboxylic acids is 1. The second-order valence-electron chi connectivity index (χ2n) is 4.71. The van der Waals surface area contributed by atoms with Crippen molar-refractivity contribution in [3.05, 3.63) is 47.3 Å². The molecular weight excluding hydrogens is 297 g/mol. The number of ketones is 1. The highest BCUT2D eigenvalue weighted by Crippen LogP contribution is 2.31. The molecule has 2 rings (SSSR count). The summed E-state index contributed by atoms with van der Waals surface area (Å²) in [5, 5.41) is 3.53. The summed E-state index contributed by atoms with van der Waals surface area (Å²) in [6, 6.07) is 6.88. The highest BCUT2D eigenvalue weighted by Gasteiger charge is 2.38. The molecule has 0 saturated heterocycles. The first-order chi connectivity index (χ1) is 10.3. The average Bonchev–Trinajstić information content (AvgIpc) is 2.91. The molecule has 0 radical (unpaired) electrons. The van der Waals surface area contributed by atoms with Crippen LogP contribution in [0.1, 0.15) is 35.0 Å². The number of alkyl halides is 3. The summed E-state index contributed by atoms with van der Waals surface area (Å²) < 4.78 is 45.0. The van der Waals surface area contributed by atoms with Crippen molar-refractivity contribution >= 4 is 5.78 Å². The van der Waals surface area contributed by atoms with E-state index in [4.69, 9.17) is 4.74 Å². The molecule has 0 amide bonds. The van der Waals surface area contributed by atoms with Crippen LogP contribution in [0.4, 0.5) is 13.2 Å². The Hall–Kier alpha value is -2.31. The molecule has 118 valence electrons. The van der Waals surface area contributed by atoms with Gasteiger partial charge in [-0.3, -0.25) is 9.48 Å². The third kappa shape index (κ3) is 3.47. The minimum atomic E-state index is -4.65. The zero-order valence-corrected chi connectivity index (χ0v) is 12.1. The minimum absolute atomic E-state index is 0.00267. The van der Waals surface area contributed by atoms with E-state index < -0.39 is 17.7 Å². The summed E-state index contributed by atoms with van der Waals surface area (Å²) in [4.78, 5) is 11.7. The highest BCUT2D eigenvalue weighted by atomic mass is 19.4. The molecule has 1 aromatic heterocycles. The quantitative estimate of drug-likeness (QED) is 0.793. The molecule has 0 aliphatic rings. The molecule has 1 aromatic carbocycles. The summed E-state index contributed by atoms with van der Waals surface area (Å²) in [7, 11) is 1.53. The van der Waals surface area contributed by atoms with Gasteiger partial charge in [0.2, 0.25) is 0 Å². The number of ether oxygens (including phenoxy) is 1. The fourth-order valence-electron chi connectivity index (χ4n) is 2.02. The number of benzene rings is 1. The fourth-order valence-corrected chi connectivity index (χ4v) is 2.02. The van der Waals surface area contributed by atoms with Crippen LogP contribution < -0.4 is 4.74 Å². The van der Waals surface area contributed by atoms with Crippen molar-refractivity contribution in [3.63, 3.8) is 0 Å². The highest BCUT2D eigenvalue weighted by molar-refractivity contribution is 5.96. The van der Waals surface area contributed by atoms with Crippen molar-refractivity contribution in [2.75, 3.05) is 7.11 Å². The van der Waals surface area contributed by atoms with Crippen molar-refractivity contribution in [1.29, 1.82) is 0 Å². The Kier molecular flexibility index (Phi) is 4.54. The van der Waals surface area contributed by atoms with Gasteiger partial charge >= 0.3 is 6.18 Å². The van der Waals surface area contributed by atoms with Gasteiger partial charge in [-0.05, 0) is 17.7 Å². The molecule has 0 N–H and O–H groups in total. The second-order valence-corrected chi connectivity index (χ2v) is 4.71. The Morgan fingerprint density at radius 1 is 1.27 bits per heavy atom. The maximum Gasteiger partial charge on any atom is 0.435 e. The van der Waals surface area contributed by atoms with E-state index in [1.807, 2.05) is 0 Å². The topological polar surface area (TPSA) is 44.1 Å². The number of aromatic nitrogens is 2. The molecule has 0 saturated carbocycles. The molecule has 0 unspecified atom stereocenters. The van der Waals surface area contributed by atoms with Gasteiger partial charge in [-0.15, -0.1) is 0 Å². The lowest BCUT2D eigenvalue weighted by Gasteiger charge is -2.05. The van der Waals surface area contributed by atoms with Crippen LogP contribution in [0.15, 0.2) is 30.5 Å². The van der Waals surface area contributed by atoms with Crippen LogP contribution in [0.5, 0.6) is 5.75 Å². The number of hydrogen-bond donors (Lipinski definition) is 0. The lowest BCUT2D eigenvalue weighted by molar-refractivity contribution is -0.141. The minimum Gasteiger partial charge on any atom is -0.497 e. The number of hydrogen-bond acceptors (Lipinski definition) is 3. The second kappa shape index (κ2) is 6.21. The largest absolute Gasteiger partial charge is 0.497 e. The van der Waals surface area contributed by atoms with Crippen molar-refractivity contribution in [3.8, 4) is 5.75 Å². The van der Waals surface area contributed by atoms with Crippen molar-refractivity contribution < 1.29 is 22.7 Å². The Morgan fingerprint density at radius 3 is 2.41 bits per heavy atom. The normalized spacial score (nSPS) is 11.5.